The van der Waals surface area contributed by atoms with Crippen LogP contribution in [0.15, 0.2) is 29.2 Å². The summed E-state index contributed by atoms with van der Waals surface area (Å²) in [5.41, 5.74) is 0.345. The van der Waals surface area contributed by atoms with Crippen LogP contribution in [-0.2, 0) is 14.8 Å². The zero-order valence-corrected chi connectivity index (χ0v) is 17.4. The highest BCUT2D eigenvalue weighted by molar-refractivity contribution is 7.89. The van der Waals surface area contributed by atoms with E-state index in [2.05, 4.69) is 14.9 Å². The fourth-order valence-electron chi connectivity index (χ4n) is 4.28. The first kappa shape index (κ1) is 21.2. The van der Waals surface area contributed by atoms with E-state index in [1.807, 2.05) is 0 Å². The molecule has 2 fully saturated rings. The van der Waals surface area contributed by atoms with Gasteiger partial charge in [-0.15, -0.1) is 0 Å². The van der Waals surface area contributed by atoms with E-state index >= 15 is 0 Å². The number of hydrogen-bond acceptors (Lipinski definition) is 5. The van der Waals surface area contributed by atoms with Crippen molar-refractivity contribution in [1.29, 1.82) is 0 Å². The lowest BCUT2D eigenvalue weighted by atomic mass is 9.79. The minimum atomic E-state index is -3.58. The van der Waals surface area contributed by atoms with Crippen LogP contribution in [0.1, 0.15) is 49.4 Å². The number of hydrogen-bond donors (Lipinski definition) is 2. The van der Waals surface area contributed by atoms with Gasteiger partial charge in [0.05, 0.1) is 18.1 Å². The molecular weight excluding hydrogens is 378 g/mol. The Labute approximate surface area is 167 Å². The van der Waals surface area contributed by atoms with Crippen molar-refractivity contribution in [2.24, 2.45) is 0 Å². The molecule has 0 spiro atoms. The van der Waals surface area contributed by atoms with E-state index in [-0.39, 0.29) is 16.3 Å². The highest BCUT2D eigenvalue weighted by atomic mass is 32.2. The molecule has 1 saturated heterocycles. The summed E-state index contributed by atoms with van der Waals surface area (Å²) in [5, 5.41) is 3.08. The maximum absolute atomic E-state index is 12.8. The Balaban J connectivity index is 1.71. The molecule has 2 N–H and O–H groups in total. The van der Waals surface area contributed by atoms with Gasteiger partial charge in [-0.3, -0.25) is 9.69 Å². The van der Waals surface area contributed by atoms with E-state index in [0.29, 0.717) is 18.7 Å². The quantitative estimate of drug-likeness (QED) is 0.716. The second-order valence-corrected chi connectivity index (χ2v) is 9.36. The molecule has 0 atom stereocenters. The highest BCUT2D eigenvalue weighted by Gasteiger charge is 2.38. The molecule has 0 aromatic heterocycles. The summed E-state index contributed by atoms with van der Waals surface area (Å²) in [7, 11) is -3.58. The fraction of sp³-hybridized carbons (Fsp3) is 0.650. The van der Waals surface area contributed by atoms with E-state index in [0.717, 1.165) is 39.1 Å². The molecule has 1 aromatic rings. The lowest BCUT2D eigenvalue weighted by Gasteiger charge is -2.48. The first-order valence-electron chi connectivity index (χ1n) is 10.2. The molecule has 1 aromatic carbocycles. The molecule has 1 aliphatic carbocycles. The second-order valence-electron chi connectivity index (χ2n) is 7.60. The molecule has 156 valence electrons. The van der Waals surface area contributed by atoms with Gasteiger partial charge in [0.1, 0.15) is 0 Å². The number of carbonyl (C=O) groups excluding carboxylic acids is 1. The molecule has 1 heterocycles. The molecular formula is C20H31N3O4S. The van der Waals surface area contributed by atoms with E-state index in [1.54, 1.807) is 19.1 Å². The first-order valence-corrected chi connectivity index (χ1v) is 11.7. The van der Waals surface area contributed by atoms with Crippen molar-refractivity contribution in [2.45, 2.75) is 49.5 Å². The highest BCUT2D eigenvalue weighted by Crippen LogP contribution is 2.34. The second kappa shape index (κ2) is 9.35. The zero-order chi connectivity index (χ0) is 20.0. The summed E-state index contributed by atoms with van der Waals surface area (Å²) in [6.45, 7) is 5.87. The number of nitrogens with one attached hydrogen (secondary N) is 2. The first-order chi connectivity index (χ1) is 13.5. The lowest BCUT2D eigenvalue weighted by Crippen LogP contribution is -2.59. The number of morpholine rings is 1. The van der Waals surface area contributed by atoms with Crippen molar-refractivity contribution < 1.29 is 17.9 Å². The van der Waals surface area contributed by atoms with Gasteiger partial charge in [-0.05, 0) is 31.0 Å². The van der Waals surface area contributed by atoms with Gasteiger partial charge in [0.25, 0.3) is 5.91 Å². The summed E-state index contributed by atoms with van der Waals surface area (Å²) in [4.78, 5) is 15.4. The maximum atomic E-state index is 12.8. The van der Waals surface area contributed by atoms with Gasteiger partial charge in [-0.1, -0.05) is 32.3 Å². The number of amides is 1. The zero-order valence-electron chi connectivity index (χ0n) is 16.6. The predicted octanol–water partition coefficient (Wildman–Crippen LogP) is 1.75. The van der Waals surface area contributed by atoms with Crippen LogP contribution in [0.2, 0.25) is 0 Å². The average Bonchev–Trinajstić information content (AvgIpc) is 2.73. The van der Waals surface area contributed by atoms with Gasteiger partial charge in [-0.25, -0.2) is 13.1 Å². The molecule has 7 nitrogen and oxygen atoms in total. The molecule has 1 aliphatic heterocycles. The van der Waals surface area contributed by atoms with Crippen molar-refractivity contribution in [2.75, 3.05) is 39.4 Å². The van der Waals surface area contributed by atoms with Crippen LogP contribution in [0.4, 0.5) is 0 Å². The fourth-order valence-corrected chi connectivity index (χ4v) is 5.36. The van der Waals surface area contributed by atoms with Crippen LogP contribution in [0, 0.1) is 0 Å². The van der Waals surface area contributed by atoms with Crippen LogP contribution in [0.5, 0.6) is 0 Å². The van der Waals surface area contributed by atoms with Crippen LogP contribution in [0.3, 0.4) is 0 Å². The van der Waals surface area contributed by atoms with E-state index in [1.165, 1.54) is 31.4 Å². The lowest BCUT2D eigenvalue weighted by molar-refractivity contribution is -0.0361. The van der Waals surface area contributed by atoms with Crippen LogP contribution in [0.25, 0.3) is 0 Å². The molecule has 0 bridgehead atoms. The number of benzene rings is 1. The predicted molar refractivity (Wildman–Crippen MR) is 108 cm³/mol. The summed E-state index contributed by atoms with van der Waals surface area (Å²) in [6, 6.07) is 6.21. The average molecular weight is 410 g/mol. The standard InChI is InChI=1S/C20H31N3O4S/c1-2-22-28(25,26)18-8-6-7-17(15-18)19(24)21-16-20(9-4-3-5-10-20)23-11-13-27-14-12-23/h6-8,15,22H,2-5,9-14,16H2,1H3,(H,21,24). The summed E-state index contributed by atoms with van der Waals surface area (Å²) in [5.74, 6) is -0.230. The minimum Gasteiger partial charge on any atom is -0.379 e. The molecule has 3 rings (SSSR count). The molecule has 28 heavy (non-hydrogen) atoms. The Morgan fingerprint density at radius 3 is 2.57 bits per heavy atom. The van der Waals surface area contributed by atoms with Gasteiger partial charge >= 0.3 is 0 Å². The number of sulfonamides is 1. The topological polar surface area (TPSA) is 87.7 Å². The van der Waals surface area contributed by atoms with Crippen LogP contribution < -0.4 is 10.0 Å². The van der Waals surface area contributed by atoms with Crippen LogP contribution in [-0.4, -0.2) is 64.2 Å². The van der Waals surface area contributed by atoms with Crippen molar-refractivity contribution >= 4 is 15.9 Å². The van der Waals surface area contributed by atoms with Crippen molar-refractivity contribution in [3.8, 4) is 0 Å². The maximum Gasteiger partial charge on any atom is 0.251 e. The third-order valence-corrected chi connectivity index (χ3v) is 7.33. The molecule has 1 amide bonds. The molecule has 0 unspecified atom stereocenters. The molecule has 1 saturated carbocycles. The Hall–Kier alpha value is -1.48. The molecule has 0 radical (unpaired) electrons. The number of rotatable bonds is 7. The normalized spacial score (nSPS) is 20.6. The third-order valence-electron chi connectivity index (χ3n) is 5.79. The summed E-state index contributed by atoms with van der Waals surface area (Å²) in [6.07, 6.45) is 5.72. The van der Waals surface area contributed by atoms with Crippen LogP contribution >= 0.6 is 0 Å². The Kier molecular flexibility index (Phi) is 7.09. The van der Waals surface area contributed by atoms with Gasteiger partial charge in [0, 0.05) is 37.3 Å². The van der Waals surface area contributed by atoms with Gasteiger partial charge < -0.3 is 10.1 Å². The van der Waals surface area contributed by atoms with Crippen molar-refractivity contribution in [3.63, 3.8) is 0 Å². The van der Waals surface area contributed by atoms with E-state index < -0.39 is 10.0 Å². The Morgan fingerprint density at radius 2 is 1.89 bits per heavy atom. The van der Waals surface area contributed by atoms with Gasteiger partial charge in [-0.2, -0.15) is 0 Å². The Bertz CT molecular complexity index is 769. The summed E-state index contributed by atoms with van der Waals surface area (Å²) >= 11 is 0. The summed E-state index contributed by atoms with van der Waals surface area (Å²) < 4.78 is 32.4. The third kappa shape index (κ3) is 4.92. The van der Waals surface area contributed by atoms with Gasteiger partial charge in [0.2, 0.25) is 10.0 Å². The number of ether oxygens (including phenoxy) is 1. The van der Waals surface area contributed by atoms with Crippen molar-refractivity contribution in [1.82, 2.24) is 14.9 Å². The smallest absolute Gasteiger partial charge is 0.251 e. The SMILES string of the molecule is CCNS(=O)(=O)c1cccc(C(=O)NCC2(N3CCOCC3)CCCCC2)c1. The number of nitrogens with zero attached hydrogens (tertiary/aromatic N) is 1. The van der Waals surface area contributed by atoms with E-state index in [4.69, 9.17) is 4.74 Å². The van der Waals surface area contributed by atoms with Gasteiger partial charge in [0.15, 0.2) is 0 Å². The largest absolute Gasteiger partial charge is 0.379 e. The van der Waals surface area contributed by atoms with E-state index in [9.17, 15) is 13.2 Å². The minimum absolute atomic E-state index is 0.0227. The molecule has 2 aliphatic rings. The van der Waals surface area contributed by atoms with Crippen molar-refractivity contribution in [3.05, 3.63) is 29.8 Å². The molecule has 8 heteroatoms. The number of carbonyl (C=O) groups is 1. The monoisotopic (exact) mass is 409 g/mol. The Morgan fingerprint density at radius 1 is 1.18 bits per heavy atom.